The Morgan fingerprint density at radius 2 is 1.94 bits per heavy atom. The molecule has 4 aromatic rings. The molecule has 1 N–H and O–H groups in total. The zero-order chi connectivity index (χ0) is 22.9. The van der Waals surface area contributed by atoms with Gasteiger partial charge in [0.1, 0.15) is 34.6 Å². The second kappa shape index (κ2) is 9.11. The third-order valence-corrected chi connectivity index (χ3v) is 6.28. The summed E-state index contributed by atoms with van der Waals surface area (Å²) in [7, 11) is 0. The highest BCUT2D eigenvalue weighted by molar-refractivity contribution is 6.33. The van der Waals surface area contributed by atoms with Crippen molar-refractivity contribution in [1.82, 2.24) is 24.8 Å². The Hall–Kier alpha value is -2.97. The Morgan fingerprint density at radius 3 is 2.70 bits per heavy atom. The number of rotatable bonds is 6. The van der Waals surface area contributed by atoms with Crippen LogP contribution < -0.4 is 5.32 Å². The van der Waals surface area contributed by atoms with Crippen molar-refractivity contribution in [2.45, 2.75) is 25.8 Å². The second-order valence-corrected chi connectivity index (χ2v) is 8.64. The van der Waals surface area contributed by atoms with Gasteiger partial charge in [-0.2, -0.15) is 0 Å². The Labute approximate surface area is 193 Å². The predicted molar refractivity (Wildman–Crippen MR) is 120 cm³/mol. The quantitative estimate of drug-likeness (QED) is 0.432. The summed E-state index contributed by atoms with van der Waals surface area (Å²) < 4.78 is 43.9. The van der Waals surface area contributed by atoms with Crippen LogP contribution in [0.5, 0.6) is 0 Å². The molecule has 33 heavy (non-hydrogen) atoms. The highest BCUT2D eigenvalue weighted by Gasteiger charge is 2.24. The maximum atomic E-state index is 14.8. The maximum absolute atomic E-state index is 14.8. The number of hydrogen-bond acceptors (Lipinski definition) is 4. The summed E-state index contributed by atoms with van der Waals surface area (Å²) in [5.41, 5.74) is 1.75. The van der Waals surface area contributed by atoms with Crippen LogP contribution in [-0.4, -0.2) is 32.6 Å². The van der Waals surface area contributed by atoms with Gasteiger partial charge in [-0.05, 0) is 55.6 Å². The van der Waals surface area contributed by atoms with E-state index in [0.29, 0.717) is 53.7 Å². The first-order chi connectivity index (χ1) is 16.0. The molecule has 0 spiro atoms. The third kappa shape index (κ3) is 4.45. The van der Waals surface area contributed by atoms with Crippen molar-refractivity contribution in [2.24, 2.45) is 5.92 Å². The highest BCUT2D eigenvalue weighted by Crippen LogP contribution is 2.33. The highest BCUT2D eigenvalue weighted by atomic mass is 35.5. The lowest BCUT2D eigenvalue weighted by Gasteiger charge is -2.14. The molecular weight excluding hydrogens is 451 g/mol. The van der Waals surface area contributed by atoms with Crippen molar-refractivity contribution >= 4 is 22.8 Å². The normalized spacial score (nSPS) is 16.1. The van der Waals surface area contributed by atoms with Crippen LogP contribution >= 0.6 is 11.6 Å². The van der Waals surface area contributed by atoms with Crippen LogP contribution in [0.3, 0.4) is 0 Å². The number of hydrogen-bond donors (Lipinski definition) is 1. The minimum atomic E-state index is -0.612. The lowest BCUT2D eigenvalue weighted by molar-refractivity contribution is 0.489. The molecule has 1 saturated heterocycles. The van der Waals surface area contributed by atoms with Crippen molar-refractivity contribution in [2.75, 3.05) is 13.1 Å². The second-order valence-electron chi connectivity index (χ2n) is 8.23. The van der Waals surface area contributed by atoms with E-state index in [1.807, 2.05) is 4.57 Å². The summed E-state index contributed by atoms with van der Waals surface area (Å²) in [4.78, 5) is 13.7. The van der Waals surface area contributed by atoms with E-state index in [2.05, 4.69) is 15.3 Å². The zero-order valence-corrected chi connectivity index (χ0v) is 18.4. The number of aryl methyl sites for hydroxylation is 2. The average Bonchev–Trinajstić information content (AvgIpc) is 3.42. The van der Waals surface area contributed by atoms with Gasteiger partial charge in [-0.25, -0.2) is 28.1 Å². The van der Waals surface area contributed by atoms with Crippen LogP contribution in [-0.2, 0) is 19.4 Å². The molecule has 1 fully saturated rings. The summed E-state index contributed by atoms with van der Waals surface area (Å²) >= 11 is 6.35. The fourth-order valence-electron chi connectivity index (χ4n) is 4.25. The number of imidazole rings is 1. The Kier molecular flexibility index (Phi) is 6.03. The van der Waals surface area contributed by atoms with E-state index >= 15 is 0 Å². The van der Waals surface area contributed by atoms with Gasteiger partial charge in [0.05, 0.1) is 16.8 Å². The summed E-state index contributed by atoms with van der Waals surface area (Å²) in [5, 5.41) is 3.62. The molecule has 5 nitrogen and oxygen atoms in total. The van der Waals surface area contributed by atoms with Crippen molar-refractivity contribution in [1.29, 1.82) is 0 Å². The van der Waals surface area contributed by atoms with Crippen LogP contribution in [0.15, 0.2) is 42.6 Å². The first-order valence-electron chi connectivity index (χ1n) is 10.8. The van der Waals surface area contributed by atoms with Crippen molar-refractivity contribution < 1.29 is 13.2 Å². The fraction of sp³-hybridized carbons (Fsp3) is 0.292. The standard InChI is InChI=1S/C24H21ClF3N5/c25-17-2-1-3-18(27)22(17)24-31-20-12-30-21(7-5-15-4-6-16(26)10-19(15)28)32-23(20)33(24)13-14-8-9-29-11-14/h1-4,6,10,12,14,29H,5,7-9,11,13H2. The number of aromatic nitrogens is 4. The van der Waals surface area contributed by atoms with Crippen LogP contribution in [0.1, 0.15) is 17.8 Å². The topological polar surface area (TPSA) is 55.6 Å². The molecule has 2 aromatic carbocycles. The summed E-state index contributed by atoms with van der Waals surface area (Å²) in [6, 6.07) is 8.08. The van der Waals surface area contributed by atoms with Crippen LogP contribution in [0.2, 0.25) is 5.02 Å². The van der Waals surface area contributed by atoms with Crippen molar-refractivity contribution in [3.63, 3.8) is 0 Å². The van der Waals surface area contributed by atoms with Crippen LogP contribution in [0.25, 0.3) is 22.6 Å². The van der Waals surface area contributed by atoms with Gasteiger partial charge >= 0.3 is 0 Å². The summed E-state index contributed by atoms with van der Waals surface area (Å²) in [6.07, 6.45) is 3.28. The average molecular weight is 472 g/mol. The number of nitrogens with zero attached hydrogens (tertiary/aromatic N) is 4. The molecule has 1 atom stereocenters. The predicted octanol–water partition coefficient (Wildman–Crippen LogP) is 4.96. The summed E-state index contributed by atoms with van der Waals surface area (Å²) in [6.45, 7) is 2.38. The minimum absolute atomic E-state index is 0.234. The summed E-state index contributed by atoms with van der Waals surface area (Å²) in [5.74, 6) is -0.397. The van der Waals surface area contributed by atoms with Gasteiger partial charge in [0.25, 0.3) is 0 Å². The molecule has 0 aliphatic carbocycles. The van der Waals surface area contributed by atoms with Gasteiger partial charge in [0.15, 0.2) is 5.65 Å². The largest absolute Gasteiger partial charge is 0.316 e. The third-order valence-electron chi connectivity index (χ3n) is 5.96. The SMILES string of the molecule is Fc1ccc(CCc2ncc3nc(-c4c(F)cccc4Cl)n(CC4CCNC4)c3n2)c(F)c1. The molecule has 5 rings (SSSR count). The first-order valence-corrected chi connectivity index (χ1v) is 11.2. The molecule has 0 bridgehead atoms. The molecule has 9 heteroatoms. The molecule has 0 amide bonds. The molecule has 0 saturated carbocycles. The van der Waals surface area contributed by atoms with Crippen molar-refractivity contribution in [3.8, 4) is 11.4 Å². The number of benzene rings is 2. The molecule has 2 aromatic heterocycles. The van der Waals surface area contributed by atoms with Crippen molar-refractivity contribution in [3.05, 3.63) is 76.5 Å². The van der Waals surface area contributed by atoms with Gasteiger partial charge in [-0.3, -0.25) is 0 Å². The van der Waals surface area contributed by atoms with Crippen LogP contribution in [0.4, 0.5) is 13.2 Å². The first kappa shape index (κ1) is 21.9. The molecule has 1 unspecified atom stereocenters. The van der Waals surface area contributed by atoms with E-state index in [4.69, 9.17) is 16.6 Å². The van der Waals surface area contributed by atoms with E-state index in [1.54, 1.807) is 18.3 Å². The van der Waals surface area contributed by atoms with Gasteiger partial charge in [-0.1, -0.05) is 23.7 Å². The van der Waals surface area contributed by atoms with E-state index in [-0.39, 0.29) is 10.6 Å². The number of halogens is 4. The Bertz CT molecular complexity index is 1300. The Balaban J connectivity index is 1.54. The van der Waals surface area contributed by atoms with E-state index in [9.17, 15) is 13.2 Å². The molecule has 0 radical (unpaired) electrons. The fourth-order valence-corrected chi connectivity index (χ4v) is 4.50. The zero-order valence-electron chi connectivity index (χ0n) is 17.7. The molecule has 170 valence electrons. The maximum Gasteiger partial charge on any atom is 0.164 e. The smallest absolute Gasteiger partial charge is 0.164 e. The van der Waals surface area contributed by atoms with E-state index in [0.717, 1.165) is 25.6 Å². The van der Waals surface area contributed by atoms with Gasteiger partial charge in [0, 0.05) is 19.0 Å². The van der Waals surface area contributed by atoms with Crippen LogP contribution in [0, 0.1) is 23.4 Å². The number of nitrogens with one attached hydrogen (secondary N) is 1. The number of fused-ring (bicyclic) bond motifs is 1. The van der Waals surface area contributed by atoms with E-state index < -0.39 is 17.5 Å². The molecular formula is C24H21ClF3N5. The lowest BCUT2D eigenvalue weighted by atomic mass is 10.1. The minimum Gasteiger partial charge on any atom is -0.316 e. The van der Waals surface area contributed by atoms with Gasteiger partial charge < -0.3 is 9.88 Å². The lowest BCUT2D eigenvalue weighted by Crippen LogP contribution is -2.16. The van der Waals surface area contributed by atoms with E-state index in [1.165, 1.54) is 18.2 Å². The van der Waals surface area contributed by atoms with Gasteiger partial charge in [0.2, 0.25) is 0 Å². The molecule has 1 aliphatic heterocycles. The van der Waals surface area contributed by atoms with Gasteiger partial charge in [-0.15, -0.1) is 0 Å². The molecule has 1 aliphatic rings. The monoisotopic (exact) mass is 471 g/mol. The Morgan fingerprint density at radius 1 is 1.06 bits per heavy atom. The molecule has 3 heterocycles.